The maximum Gasteiger partial charge on any atom is 0.306 e. The lowest BCUT2D eigenvalue weighted by molar-refractivity contribution is -0.140. The molecule has 0 saturated carbocycles. The van der Waals surface area contributed by atoms with Gasteiger partial charge in [0.2, 0.25) is 0 Å². The molecular formula is C14H20O4S2. The molecule has 112 valence electrons. The van der Waals surface area contributed by atoms with E-state index in [1.54, 1.807) is 24.3 Å². The largest absolute Gasteiger partial charge is 0.469 e. The van der Waals surface area contributed by atoms with Gasteiger partial charge in [0.25, 0.3) is 0 Å². The summed E-state index contributed by atoms with van der Waals surface area (Å²) >= 11 is 1.52. The smallest absolute Gasteiger partial charge is 0.306 e. The van der Waals surface area contributed by atoms with Crippen molar-refractivity contribution in [2.75, 3.05) is 12.9 Å². The third kappa shape index (κ3) is 5.17. The second-order valence-electron chi connectivity index (χ2n) is 4.50. The van der Waals surface area contributed by atoms with E-state index in [0.717, 1.165) is 4.90 Å². The Labute approximate surface area is 124 Å². The van der Waals surface area contributed by atoms with Crippen molar-refractivity contribution in [3.63, 3.8) is 0 Å². The third-order valence-corrected chi connectivity index (χ3v) is 5.72. The lowest BCUT2D eigenvalue weighted by Crippen LogP contribution is -2.08. The highest BCUT2D eigenvalue weighted by Gasteiger charge is 2.14. The van der Waals surface area contributed by atoms with Crippen LogP contribution in [0.25, 0.3) is 0 Å². The second-order valence-corrected chi connectivity index (χ2v) is 8.12. The molecule has 4 nitrogen and oxygen atoms in total. The van der Waals surface area contributed by atoms with Gasteiger partial charge in [-0.25, -0.2) is 8.42 Å². The fourth-order valence-corrected chi connectivity index (χ4v) is 4.01. The van der Waals surface area contributed by atoms with Crippen LogP contribution in [-0.4, -0.2) is 32.5 Å². The highest BCUT2D eigenvalue weighted by Crippen LogP contribution is 2.26. The van der Waals surface area contributed by atoms with Gasteiger partial charge < -0.3 is 4.74 Å². The number of ether oxygens (including phenoxy) is 1. The molecule has 1 aromatic carbocycles. The maximum absolute atomic E-state index is 11.9. The van der Waals surface area contributed by atoms with Crippen LogP contribution in [0.4, 0.5) is 0 Å². The van der Waals surface area contributed by atoms with Crippen LogP contribution in [0.5, 0.6) is 0 Å². The summed E-state index contributed by atoms with van der Waals surface area (Å²) in [5.41, 5.74) is 0. The molecule has 0 aliphatic heterocycles. The number of benzene rings is 1. The fraction of sp³-hybridized carbons (Fsp3) is 0.500. The maximum atomic E-state index is 11.9. The minimum absolute atomic E-state index is 0.0838. The van der Waals surface area contributed by atoms with E-state index in [1.807, 2.05) is 13.8 Å². The van der Waals surface area contributed by atoms with Crippen LogP contribution >= 0.6 is 11.8 Å². The second kappa shape index (κ2) is 7.69. The Morgan fingerprint density at radius 1 is 1.30 bits per heavy atom. The lowest BCUT2D eigenvalue weighted by Gasteiger charge is -2.10. The van der Waals surface area contributed by atoms with Gasteiger partial charge in [0.15, 0.2) is 9.84 Å². The molecule has 0 aromatic heterocycles. The number of hydrogen-bond acceptors (Lipinski definition) is 5. The van der Waals surface area contributed by atoms with Crippen molar-refractivity contribution in [1.29, 1.82) is 0 Å². The molecule has 0 N–H and O–H groups in total. The molecule has 0 spiro atoms. The average Bonchev–Trinajstić information content (AvgIpc) is 2.39. The number of thioether (sulfide) groups is 1. The third-order valence-electron chi connectivity index (χ3n) is 2.67. The molecule has 0 radical (unpaired) electrons. The van der Waals surface area contributed by atoms with E-state index in [9.17, 15) is 13.2 Å². The predicted molar refractivity (Wildman–Crippen MR) is 80.7 cm³/mol. The molecule has 0 fully saturated rings. The topological polar surface area (TPSA) is 60.4 Å². The van der Waals surface area contributed by atoms with E-state index in [1.165, 1.54) is 18.9 Å². The number of hydrogen-bond donors (Lipinski definition) is 0. The number of methoxy groups -OCH3 is 1. The normalized spacial score (nSPS) is 12.9. The first-order valence-electron chi connectivity index (χ1n) is 6.45. The van der Waals surface area contributed by atoms with Crippen LogP contribution in [0, 0.1) is 0 Å². The van der Waals surface area contributed by atoms with Crippen molar-refractivity contribution in [2.24, 2.45) is 0 Å². The molecule has 6 heteroatoms. The molecule has 0 amide bonds. The van der Waals surface area contributed by atoms with Crippen molar-refractivity contribution < 1.29 is 17.9 Å². The Balaban J connectivity index is 2.70. The van der Waals surface area contributed by atoms with Crippen molar-refractivity contribution in [1.82, 2.24) is 0 Å². The molecule has 0 bridgehead atoms. The van der Waals surface area contributed by atoms with Crippen LogP contribution in [0.3, 0.4) is 0 Å². The van der Waals surface area contributed by atoms with Gasteiger partial charge in [-0.2, -0.15) is 0 Å². The summed E-state index contributed by atoms with van der Waals surface area (Å²) in [4.78, 5) is 12.4. The van der Waals surface area contributed by atoms with Gasteiger partial charge in [0.1, 0.15) is 0 Å². The van der Waals surface area contributed by atoms with Crippen LogP contribution in [-0.2, 0) is 19.4 Å². The first kappa shape index (κ1) is 17.0. The Morgan fingerprint density at radius 3 is 2.40 bits per heavy atom. The van der Waals surface area contributed by atoms with Crippen molar-refractivity contribution >= 4 is 27.6 Å². The first-order valence-corrected chi connectivity index (χ1v) is 8.98. The van der Waals surface area contributed by atoms with Gasteiger partial charge in [0.05, 0.1) is 24.2 Å². The minimum atomic E-state index is -3.16. The summed E-state index contributed by atoms with van der Waals surface area (Å²) in [7, 11) is -1.79. The Morgan fingerprint density at radius 2 is 1.90 bits per heavy atom. The zero-order valence-corrected chi connectivity index (χ0v) is 13.6. The van der Waals surface area contributed by atoms with Crippen LogP contribution in [0.2, 0.25) is 0 Å². The zero-order chi connectivity index (χ0) is 15.2. The van der Waals surface area contributed by atoms with Crippen LogP contribution < -0.4 is 0 Å². The van der Waals surface area contributed by atoms with Crippen molar-refractivity contribution in [3.05, 3.63) is 24.3 Å². The van der Waals surface area contributed by atoms with E-state index in [0.29, 0.717) is 17.7 Å². The summed E-state index contributed by atoms with van der Waals surface area (Å²) < 4.78 is 28.4. The van der Waals surface area contributed by atoms with E-state index in [4.69, 9.17) is 0 Å². The average molecular weight is 316 g/mol. The van der Waals surface area contributed by atoms with Crippen molar-refractivity contribution in [3.8, 4) is 0 Å². The molecule has 0 aliphatic rings. The molecule has 0 saturated heterocycles. The number of carbonyl (C=O) groups is 1. The highest BCUT2D eigenvalue weighted by atomic mass is 32.2. The molecule has 1 unspecified atom stereocenters. The van der Waals surface area contributed by atoms with Crippen LogP contribution in [0.15, 0.2) is 34.1 Å². The van der Waals surface area contributed by atoms with Gasteiger partial charge in [-0.1, -0.05) is 13.8 Å². The quantitative estimate of drug-likeness (QED) is 0.572. The van der Waals surface area contributed by atoms with Crippen molar-refractivity contribution in [2.45, 2.75) is 41.7 Å². The molecule has 0 aliphatic carbocycles. The van der Waals surface area contributed by atoms with Crippen LogP contribution in [0.1, 0.15) is 26.7 Å². The number of carbonyl (C=O) groups excluding carboxylic acids is 1. The van der Waals surface area contributed by atoms with Gasteiger partial charge in [-0.3, -0.25) is 4.79 Å². The van der Waals surface area contributed by atoms with E-state index < -0.39 is 9.84 Å². The molecule has 1 atom stereocenters. The SMILES string of the molecule is CCCS(=O)(=O)c1ccc(SC(C)CC(=O)OC)cc1. The molecule has 20 heavy (non-hydrogen) atoms. The fourth-order valence-electron chi connectivity index (χ4n) is 1.70. The summed E-state index contributed by atoms with van der Waals surface area (Å²) in [6.07, 6.45) is 0.937. The van der Waals surface area contributed by atoms with Gasteiger partial charge in [0, 0.05) is 10.1 Å². The predicted octanol–water partition coefficient (Wildman–Crippen LogP) is 2.91. The van der Waals surface area contributed by atoms with Gasteiger partial charge in [-0.05, 0) is 30.7 Å². The Kier molecular flexibility index (Phi) is 6.55. The Hall–Kier alpha value is -1.01. The summed E-state index contributed by atoms with van der Waals surface area (Å²) in [5, 5.41) is 0.0838. The van der Waals surface area contributed by atoms with E-state index >= 15 is 0 Å². The molecular weight excluding hydrogens is 296 g/mol. The number of sulfone groups is 1. The molecule has 1 rings (SSSR count). The minimum Gasteiger partial charge on any atom is -0.469 e. The zero-order valence-electron chi connectivity index (χ0n) is 12.0. The number of rotatable bonds is 7. The first-order chi connectivity index (χ1) is 9.39. The summed E-state index contributed by atoms with van der Waals surface area (Å²) in [5.74, 6) is -0.0785. The highest BCUT2D eigenvalue weighted by molar-refractivity contribution is 8.00. The Bertz CT molecular complexity index is 535. The monoisotopic (exact) mass is 316 g/mol. The summed E-state index contributed by atoms with van der Waals surface area (Å²) in [6, 6.07) is 6.80. The summed E-state index contributed by atoms with van der Waals surface area (Å²) in [6.45, 7) is 3.78. The molecule has 0 heterocycles. The van der Waals surface area contributed by atoms with Gasteiger partial charge >= 0.3 is 5.97 Å². The number of esters is 1. The molecule has 1 aromatic rings. The van der Waals surface area contributed by atoms with Gasteiger partial charge in [-0.15, -0.1) is 11.8 Å². The van der Waals surface area contributed by atoms with E-state index in [-0.39, 0.29) is 17.0 Å². The van der Waals surface area contributed by atoms with E-state index in [2.05, 4.69) is 4.74 Å². The lowest BCUT2D eigenvalue weighted by atomic mass is 10.3. The standard InChI is InChI=1S/C14H20O4S2/c1-4-9-20(16,17)13-7-5-12(6-8-13)19-11(2)10-14(15)18-3/h5-8,11H,4,9-10H2,1-3H3.